The maximum absolute atomic E-state index is 13.4. The van der Waals surface area contributed by atoms with Crippen molar-refractivity contribution in [2.75, 3.05) is 6.54 Å². The topological polar surface area (TPSA) is 85.9 Å². The van der Waals surface area contributed by atoms with Gasteiger partial charge in [0, 0.05) is 34.8 Å². The predicted octanol–water partition coefficient (Wildman–Crippen LogP) is 6.14. The van der Waals surface area contributed by atoms with Crippen molar-refractivity contribution in [1.29, 1.82) is 0 Å². The number of aromatic amines is 1. The minimum Gasteiger partial charge on any atom is -0.489 e. The Morgan fingerprint density at radius 2 is 1.66 bits per heavy atom. The predicted molar refractivity (Wildman–Crippen MR) is 153 cm³/mol. The Morgan fingerprint density at radius 3 is 2.45 bits per heavy atom. The lowest BCUT2D eigenvalue weighted by Gasteiger charge is -2.09. The maximum atomic E-state index is 13.4. The standard InChI is InChI=1S/C32H28N4O2/c33-17-8-18-36-20-27(26-19-24(15-16-29(26)36)38-21-22-9-3-1-4-10-22)31-32(37)34-28-14-7-13-25(30(28)35-31)23-11-5-2-6-12-23/h1-7,9-16,19-20H,8,17-18,21,33H2,(H,34,37). The molecule has 0 saturated heterocycles. The van der Waals surface area contributed by atoms with Crippen molar-refractivity contribution < 1.29 is 4.74 Å². The van der Waals surface area contributed by atoms with Crippen molar-refractivity contribution in [2.45, 2.75) is 19.6 Å². The summed E-state index contributed by atoms with van der Waals surface area (Å²) in [7, 11) is 0. The average molecular weight is 501 g/mol. The number of aromatic nitrogens is 3. The number of para-hydroxylation sites is 1. The molecule has 188 valence electrons. The van der Waals surface area contributed by atoms with E-state index >= 15 is 0 Å². The molecule has 0 atom stereocenters. The lowest BCUT2D eigenvalue weighted by atomic mass is 10.0. The van der Waals surface area contributed by atoms with Crippen LogP contribution in [0.25, 0.3) is 44.3 Å². The van der Waals surface area contributed by atoms with Gasteiger partial charge in [-0.2, -0.15) is 0 Å². The fraction of sp³-hybridized carbons (Fsp3) is 0.125. The van der Waals surface area contributed by atoms with Gasteiger partial charge in [0.1, 0.15) is 18.1 Å². The molecule has 2 heterocycles. The normalized spacial score (nSPS) is 11.3. The van der Waals surface area contributed by atoms with Crippen LogP contribution in [0.3, 0.4) is 0 Å². The van der Waals surface area contributed by atoms with Gasteiger partial charge in [-0.1, -0.05) is 72.8 Å². The molecule has 0 bridgehead atoms. The van der Waals surface area contributed by atoms with Crippen LogP contribution < -0.4 is 16.0 Å². The van der Waals surface area contributed by atoms with Gasteiger partial charge in [0.25, 0.3) is 5.56 Å². The van der Waals surface area contributed by atoms with E-state index in [0.29, 0.717) is 24.4 Å². The monoisotopic (exact) mass is 500 g/mol. The van der Waals surface area contributed by atoms with E-state index in [0.717, 1.165) is 57.4 Å². The number of H-pyrrole nitrogens is 1. The fourth-order valence-electron chi connectivity index (χ4n) is 4.88. The summed E-state index contributed by atoms with van der Waals surface area (Å²) in [4.78, 5) is 21.4. The Bertz CT molecular complexity index is 1770. The number of nitrogens with two attached hydrogens (primary N) is 1. The zero-order valence-corrected chi connectivity index (χ0v) is 20.9. The van der Waals surface area contributed by atoms with Crippen molar-refractivity contribution in [2.24, 2.45) is 5.73 Å². The van der Waals surface area contributed by atoms with Crippen LogP contribution in [-0.2, 0) is 13.2 Å². The van der Waals surface area contributed by atoms with Gasteiger partial charge in [0.05, 0.1) is 11.0 Å². The minimum absolute atomic E-state index is 0.226. The van der Waals surface area contributed by atoms with Crippen LogP contribution in [0.1, 0.15) is 12.0 Å². The summed E-state index contributed by atoms with van der Waals surface area (Å²) in [5, 5.41) is 0.919. The number of ether oxygens (including phenoxy) is 1. The molecule has 6 nitrogen and oxygen atoms in total. The zero-order chi connectivity index (χ0) is 25.9. The lowest BCUT2D eigenvalue weighted by Crippen LogP contribution is -2.11. The average Bonchev–Trinajstić information content (AvgIpc) is 3.32. The molecule has 6 rings (SSSR count). The highest BCUT2D eigenvalue weighted by atomic mass is 16.5. The van der Waals surface area contributed by atoms with Gasteiger partial charge >= 0.3 is 0 Å². The zero-order valence-electron chi connectivity index (χ0n) is 20.9. The van der Waals surface area contributed by atoms with E-state index < -0.39 is 0 Å². The second-order valence-corrected chi connectivity index (χ2v) is 9.31. The van der Waals surface area contributed by atoms with Crippen molar-refractivity contribution in [1.82, 2.24) is 14.5 Å². The van der Waals surface area contributed by atoms with Crippen LogP contribution in [0.2, 0.25) is 0 Å². The Hall–Kier alpha value is -4.68. The first-order valence-corrected chi connectivity index (χ1v) is 12.8. The van der Waals surface area contributed by atoms with Crippen LogP contribution in [0.4, 0.5) is 0 Å². The van der Waals surface area contributed by atoms with Crippen LogP contribution >= 0.6 is 0 Å². The largest absolute Gasteiger partial charge is 0.489 e. The first-order valence-electron chi connectivity index (χ1n) is 12.8. The summed E-state index contributed by atoms with van der Waals surface area (Å²) >= 11 is 0. The van der Waals surface area contributed by atoms with E-state index in [1.807, 2.05) is 91.1 Å². The van der Waals surface area contributed by atoms with Gasteiger partial charge in [-0.05, 0) is 48.4 Å². The molecule has 0 aliphatic rings. The molecule has 0 unspecified atom stereocenters. The van der Waals surface area contributed by atoms with E-state index in [4.69, 9.17) is 15.5 Å². The number of hydrogen-bond donors (Lipinski definition) is 2. The molecule has 0 aliphatic heterocycles. The van der Waals surface area contributed by atoms with Crippen molar-refractivity contribution in [3.63, 3.8) is 0 Å². The number of fused-ring (bicyclic) bond motifs is 2. The smallest absolute Gasteiger partial charge is 0.275 e. The Morgan fingerprint density at radius 1 is 0.868 bits per heavy atom. The molecule has 0 spiro atoms. The first-order chi connectivity index (χ1) is 18.7. The fourth-order valence-corrected chi connectivity index (χ4v) is 4.88. The third-order valence-corrected chi connectivity index (χ3v) is 6.77. The molecule has 38 heavy (non-hydrogen) atoms. The summed E-state index contributed by atoms with van der Waals surface area (Å²) in [5.41, 5.74) is 12.3. The van der Waals surface area contributed by atoms with E-state index in [9.17, 15) is 4.79 Å². The van der Waals surface area contributed by atoms with Crippen LogP contribution in [0, 0.1) is 0 Å². The lowest BCUT2D eigenvalue weighted by molar-refractivity contribution is 0.306. The second-order valence-electron chi connectivity index (χ2n) is 9.31. The number of rotatable bonds is 8. The molecule has 0 saturated carbocycles. The number of aryl methyl sites for hydroxylation is 1. The Balaban J connectivity index is 1.49. The van der Waals surface area contributed by atoms with Crippen LogP contribution in [0.15, 0.2) is 108 Å². The van der Waals surface area contributed by atoms with Gasteiger partial charge in [0.15, 0.2) is 0 Å². The number of benzene rings is 4. The maximum Gasteiger partial charge on any atom is 0.275 e. The molecule has 2 aromatic heterocycles. The number of hydrogen-bond acceptors (Lipinski definition) is 4. The van der Waals surface area contributed by atoms with E-state index in [1.54, 1.807) is 0 Å². The summed E-state index contributed by atoms with van der Waals surface area (Å²) < 4.78 is 8.27. The quantitative estimate of drug-likeness (QED) is 0.263. The van der Waals surface area contributed by atoms with Gasteiger partial charge in [-0.25, -0.2) is 4.98 Å². The Labute approximate surface area is 220 Å². The molecule has 6 heteroatoms. The molecule has 6 aromatic rings. The molecule has 0 fully saturated rings. The van der Waals surface area contributed by atoms with Gasteiger partial charge in [0.2, 0.25) is 0 Å². The summed E-state index contributed by atoms with van der Waals surface area (Å²) in [5.74, 6) is 0.737. The highest BCUT2D eigenvalue weighted by Gasteiger charge is 2.18. The second kappa shape index (κ2) is 10.4. The number of nitrogens with one attached hydrogen (secondary N) is 1. The van der Waals surface area contributed by atoms with E-state index in [-0.39, 0.29) is 5.56 Å². The van der Waals surface area contributed by atoms with Crippen molar-refractivity contribution in [3.05, 3.63) is 119 Å². The summed E-state index contributed by atoms with van der Waals surface area (Å²) in [6.45, 7) is 1.80. The van der Waals surface area contributed by atoms with E-state index in [2.05, 4.69) is 21.7 Å². The highest BCUT2D eigenvalue weighted by Crippen LogP contribution is 2.33. The van der Waals surface area contributed by atoms with Gasteiger partial charge in [-0.3, -0.25) is 4.79 Å². The summed E-state index contributed by atoms with van der Waals surface area (Å²) in [6, 6.07) is 32.0. The van der Waals surface area contributed by atoms with Crippen LogP contribution in [-0.4, -0.2) is 21.1 Å². The van der Waals surface area contributed by atoms with E-state index in [1.165, 1.54) is 0 Å². The van der Waals surface area contributed by atoms with Crippen molar-refractivity contribution >= 4 is 21.9 Å². The highest BCUT2D eigenvalue weighted by molar-refractivity contribution is 5.98. The third-order valence-electron chi connectivity index (χ3n) is 6.77. The number of nitrogens with zero attached hydrogens (tertiary/aromatic N) is 2. The SMILES string of the molecule is NCCCn1cc(-c2nc3c(-c4ccccc4)cccc3[nH]c2=O)c2cc(OCc3ccccc3)ccc21. The molecule has 4 aromatic carbocycles. The molecule has 0 amide bonds. The van der Waals surface area contributed by atoms with Crippen LogP contribution in [0.5, 0.6) is 5.75 Å². The molecule has 0 aliphatic carbocycles. The van der Waals surface area contributed by atoms with Gasteiger partial charge in [-0.15, -0.1) is 0 Å². The Kier molecular flexibility index (Phi) is 6.46. The van der Waals surface area contributed by atoms with Crippen molar-refractivity contribution in [3.8, 4) is 28.1 Å². The first kappa shape index (κ1) is 23.7. The molecule has 3 N–H and O–H groups in total. The molecular formula is C32H28N4O2. The minimum atomic E-state index is -0.226. The summed E-state index contributed by atoms with van der Waals surface area (Å²) in [6.07, 6.45) is 2.84. The molecular weight excluding hydrogens is 472 g/mol. The third kappa shape index (κ3) is 4.58. The molecule has 0 radical (unpaired) electrons. The van der Waals surface area contributed by atoms with Gasteiger partial charge < -0.3 is 20.0 Å².